The molecule has 16 heavy (non-hydrogen) atoms. The topological polar surface area (TPSA) is 36.8 Å². The lowest BCUT2D eigenvalue weighted by Crippen LogP contribution is -2.34. The summed E-state index contributed by atoms with van der Waals surface area (Å²) in [5.41, 5.74) is 0.525. The van der Waals surface area contributed by atoms with E-state index in [-0.39, 0.29) is 11.5 Å². The van der Waals surface area contributed by atoms with Gasteiger partial charge in [-0.05, 0) is 18.5 Å². The standard InChI is InChI=1S/C11H11Cl2N3/c1-7-9(12)15-10(16-11(13)14-7)8-5-3-2-4-6-8/h2-7,9H,1H3,(H,14,15,16)/t7-,9?/m1/s1. The molecule has 0 spiro atoms. The van der Waals surface area contributed by atoms with Gasteiger partial charge in [-0.3, -0.25) is 0 Å². The van der Waals surface area contributed by atoms with Crippen molar-refractivity contribution < 1.29 is 0 Å². The highest BCUT2D eigenvalue weighted by atomic mass is 35.5. The molecule has 1 unspecified atom stereocenters. The molecule has 1 N–H and O–H groups in total. The van der Waals surface area contributed by atoms with Crippen molar-refractivity contribution in [2.45, 2.75) is 18.5 Å². The van der Waals surface area contributed by atoms with E-state index < -0.39 is 0 Å². The summed E-state index contributed by atoms with van der Waals surface area (Å²) in [6, 6.07) is 9.58. The van der Waals surface area contributed by atoms with Gasteiger partial charge in [0.05, 0.1) is 6.04 Å². The monoisotopic (exact) mass is 255 g/mol. The van der Waals surface area contributed by atoms with Gasteiger partial charge in [0.1, 0.15) is 5.50 Å². The summed E-state index contributed by atoms with van der Waals surface area (Å²) in [5.74, 6) is 0.558. The third kappa shape index (κ3) is 2.54. The van der Waals surface area contributed by atoms with Crippen molar-refractivity contribution in [1.29, 1.82) is 0 Å². The molecular weight excluding hydrogens is 245 g/mol. The SMILES string of the molecule is C[C@H]1NC(Cl)=NC(c2ccccc2)=NC1Cl. The van der Waals surface area contributed by atoms with Crippen LogP contribution in [0.5, 0.6) is 0 Å². The van der Waals surface area contributed by atoms with E-state index in [9.17, 15) is 0 Å². The predicted molar refractivity (Wildman–Crippen MR) is 68.5 cm³/mol. The van der Waals surface area contributed by atoms with Gasteiger partial charge < -0.3 is 5.32 Å². The summed E-state index contributed by atoms with van der Waals surface area (Å²) in [6.07, 6.45) is 0. The first-order valence-electron chi connectivity index (χ1n) is 4.95. The molecule has 0 saturated heterocycles. The summed E-state index contributed by atoms with van der Waals surface area (Å²) >= 11 is 12.0. The molecule has 5 heteroatoms. The Morgan fingerprint density at radius 3 is 2.62 bits per heavy atom. The number of rotatable bonds is 1. The van der Waals surface area contributed by atoms with E-state index in [1.807, 2.05) is 37.3 Å². The molecule has 1 heterocycles. The molecule has 0 amide bonds. The first kappa shape index (κ1) is 11.4. The average molecular weight is 256 g/mol. The number of halogens is 2. The number of benzene rings is 1. The van der Waals surface area contributed by atoms with Crippen molar-refractivity contribution in [3.05, 3.63) is 35.9 Å². The van der Waals surface area contributed by atoms with Crippen molar-refractivity contribution in [3.63, 3.8) is 0 Å². The van der Waals surface area contributed by atoms with E-state index in [4.69, 9.17) is 23.2 Å². The average Bonchev–Trinajstić information content (AvgIpc) is 2.40. The van der Waals surface area contributed by atoms with E-state index in [2.05, 4.69) is 15.3 Å². The fourth-order valence-electron chi connectivity index (χ4n) is 1.37. The molecule has 0 aliphatic carbocycles. The Morgan fingerprint density at radius 2 is 1.94 bits per heavy atom. The number of alkyl halides is 1. The van der Waals surface area contributed by atoms with Crippen LogP contribution in [-0.4, -0.2) is 22.7 Å². The van der Waals surface area contributed by atoms with Gasteiger partial charge in [0.2, 0.25) is 0 Å². The lowest BCUT2D eigenvalue weighted by molar-refractivity contribution is 0.644. The van der Waals surface area contributed by atoms with Crippen LogP contribution >= 0.6 is 23.2 Å². The number of aliphatic imine (C=N–C) groups is 2. The van der Waals surface area contributed by atoms with Gasteiger partial charge >= 0.3 is 0 Å². The summed E-state index contributed by atoms with van der Waals surface area (Å²) < 4.78 is 0. The van der Waals surface area contributed by atoms with Crippen LogP contribution in [0.3, 0.4) is 0 Å². The Labute approximate surface area is 104 Å². The molecule has 1 aliphatic rings. The van der Waals surface area contributed by atoms with Crippen molar-refractivity contribution in [3.8, 4) is 0 Å². The molecule has 0 aromatic heterocycles. The van der Waals surface area contributed by atoms with Gasteiger partial charge in [0.25, 0.3) is 0 Å². The predicted octanol–water partition coefficient (Wildman–Crippen LogP) is 2.58. The van der Waals surface area contributed by atoms with Crippen molar-refractivity contribution in [2.75, 3.05) is 0 Å². The fourth-order valence-corrected chi connectivity index (χ4v) is 1.77. The molecule has 1 aliphatic heterocycles. The second-order valence-electron chi connectivity index (χ2n) is 3.53. The molecule has 1 aromatic rings. The largest absolute Gasteiger partial charge is 0.354 e. The Bertz CT molecular complexity index is 428. The van der Waals surface area contributed by atoms with Crippen molar-refractivity contribution >= 4 is 34.3 Å². The maximum Gasteiger partial charge on any atom is 0.198 e. The van der Waals surface area contributed by atoms with E-state index in [1.54, 1.807) is 0 Å². The van der Waals surface area contributed by atoms with Crippen molar-refractivity contribution in [2.24, 2.45) is 9.98 Å². The molecule has 2 rings (SSSR count). The van der Waals surface area contributed by atoms with Crippen LogP contribution in [-0.2, 0) is 0 Å². The third-order valence-corrected chi connectivity index (χ3v) is 2.91. The molecule has 0 radical (unpaired) electrons. The minimum atomic E-state index is -0.379. The Morgan fingerprint density at radius 1 is 1.25 bits per heavy atom. The number of nitrogens with zero attached hydrogens (tertiary/aromatic N) is 2. The Balaban J connectivity index is 2.39. The van der Waals surface area contributed by atoms with E-state index in [1.165, 1.54) is 0 Å². The maximum atomic E-state index is 6.10. The molecule has 84 valence electrons. The lowest BCUT2D eigenvalue weighted by atomic mass is 10.2. The molecule has 0 saturated carbocycles. The van der Waals surface area contributed by atoms with Crippen LogP contribution in [0.2, 0.25) is 0 Å². The first-order chi connectivity index (χ1) is 7.66. The van der Waals surface area contributed by atoms with Crippen LogP contribution in [0.25, 0.3) is 0 Å². The quantitative estimate of drug-likeness (QED) is 0.608. The zero-order valence-electron chi connectivity index (χ0n) is 8.69. The second-order valence-corrected chi connectivity index (χ2v) is 4.33. The van der Waals surface area contributed by atoms with Crippen LogP contribution < -0.4 is 5.32 Å². The zero-order chi connectivity index (χ0) is 11.5. The molecule has 1 aromatic carbocycles. The van der Waals surface area contributed by atoms with Crippen LogP contribution in [0.1, 0.15) is 12.5 Å². The summed E-state index contributed by atoms with van der Waals surface area (Å²) in [6.45, 7) is 1.91. The lowest BCUT2D eigenvalue weighted by Gasteiger charge is -2.12. The number of hydrogen-bond acceptors (Lipinski definition) is 3. The molecule has 2 atom stereocenters. The van der Waals surface area contributed by atoms with E-state index in [0.717, 1.165) is 5.56 Å². The van der Waals surface area contributed by atoms with Gasteiger partial charge in [-0.25, -0.2) is 9.98 Å². The first-order valence-corrected chi connectivity index (χ1v) is 5.76. The normalized spacial score (nSPS) is 25.2. The molecule has 0 bridgehead atoms. The smallest absolute Gasteiger partial charge is 0.198 e. The van der Waals surface area contributed by atoms with Crippen LogP contribution in [0.15, 0.2) is 40.3 Å². The maximum absolute atomic E-state index is 6.10. The highest BCUT2D eigenvalue weighted by Gasteiger charge is 2.19. The van der Waals surface area contributed by atoms with Gasteiger partial charge in [-0.2, -0.15) is 0 Å². The zero-order valence-corrected chi connectivity index (χ0v) is 10.2. The Hall–Kier alpha value is -1.06. The van der Waals surface area contributed by atoms with Crippen molar-refractivity contribution in [1.82, 2.24) is 5.32 Å². The number of amidine groups is 2. The fraction of sp³-hybridized carbons (Fsp3) is 0.273. The summed E-state index contributed by atoms with van der Waals surface area (Å²) in [5, 5.41) is 3.28. The van der Waals surface area contributed by atoms with Crippen LogP contribution in [0, 0.1) is 0 Å². The highest BCUT2D eigenvalue weighted by Crippen LogP contribution is 2.13. The molecular formula is C11H11Cl2N3. The summed E-state index contributed by atoms with van der Waals surface area (Å²) in [4.78, 5) is 8.51. The van der Waals surface area contributed by atoms with Crippen LogP contribution in [0.4, 0.5) is 0 Å². The van der Waals surface area contributed by atoms with Gasteiger partial charge in [-0.15, -0.1) is 0 Å². The van der Waals surface area contributed by atoms with E-state index in [0.29, 0.717) is 11.1 Å². The third-order valence-electron chi connectivity index (χ3n) is 2.24. The summed E-state index contributed by atoms with van der Waals surface area (Å²) in [7, 11) is 0. The number of hydrogen-bond donors (Lipinski definition) is 1. The number of nitrogens with one attached hydrogen (secondary N) is 1. The minimum Gasteiger partial charge on any atom is -0.354 e. The van der Waals surface area contributed by atoms with E-state index >= 15 is 0 Å². The molecule has 3 nitrogen and oxygen atoms in total. The van der Waals surface area contributed by atoms with Gasteiger partial charge in [0, 0.05) is 5.56 Å². The van der Waals surface area contributed by atoms with Gasteiger partial charge in [0.15, 0.2) is 11.1 Å². The minimum absolute atomic E-state index is 0.0425. The van der Waals surface area contributed by atoms with Gasteiger partial charge in [-0.1, -0.05) is 41.9 Å². The molecule has 0 fully saturated rings. The Kier molecular flexibility index (Phi) is 3.46. The highest BCUT2D eigenvalue weighted by molar-refractivity contribution is 6.65. The second kappa shape index (κ2) is 4.85.